The Hall–Kier alpha value is 0.363. The van der Waals surface area contributed by atoms with Gasteiger partial charge in [0.1, 0.15) is 0 Å². The second-order valence-electron chi connectivity index (χ2n) is 0.496. The molecule has 0 aromatic rings. The predicted molar refractivity (Wildman–Crippen MR) is 23.5 cm³/mol. The SMILES string of the molecule is C[CH]=[Rh]=[CH]C. The summed E-state index contributed by atoms with van der Waals surface area (Å²) in [6.45, 7) is 4.17. The summed E-state index contributed by atoms with van der Waals surface area (Å²) in [5.41, 5.74) is 0. The van der Waals surface area contributed by atoms with Crippen LogP contribution in [0.2, 0.25) is 0 Å². The molecule has 0 unspecified atom stereocenters. The van der Waals surface area contributed by atoms with E-state index in [4.69, 9.17) is 0 Å². The molecule has 0 aliphatic rings. The van der Waals surface area contributed by atoms with Gasteiger partial charge in [-0.15, -0.1) is 0 Å². The van der Waals surface area contributed by atoms with Crippen LogP contribution in [-0.2, 0) is 16.2 Å². The maximum atomic E-state index is 2.19. The third kappa shape index (κ3) is 4.36. The van der Waals surface area contributed by atoms with Crippen LogP contribution >= 0.6 is 0 Å². The summed E-state index contributed by atoms with van der Waals surface area (Å²) in [6.07, 6.45) is 0. The molecule has 33 valence electrons. The van der Waals surface area contributed by atoms with Crippen molar-refractivity contribution in [3.05, 3.63) is 0 Å². The number of hydrogen-bond acceptors (Lipinski definition) is 0. The molecule has 0 amide bonds. The Bertz CT molecular complexity index is 52.0. The molecule has 0 N–H and O–H groups in total. The quantitative estimate of drug-likeness (QED) is 0.456. The van der Waals surface area contributed by atoms with Crippen molar-refractivity contribution in [2.24, 2.45) is 0 Å². The van der Waals surface area contributed by atoms with Crippen LogP contribution in [0.5, 0.6) is 0 Å². The molecular formula is C4H8Rh. The van der Waals surface area contributed by atoms with Crippen LogP contribution in [0, 0.1) is 0 Å². The second-order valence-corrected chi connectivity index (χ2v) is 2.93. The van der Waals surface area contributed by atoms with E-state index in [0.717, 1.165) is 0 Å². The molecule has 0 saturated carbocycles. The van der Waals surface area contributed by atoms with Gasteiger partial charge in [0.2, 0.25) is 0 Å². The van der Waals surface area contributed by atoms with Crippen molar-refractivity contribution in [1.29, 1.82) is 0 Å². The van der Waals surface area contributed by atoms with Gasteiger partial charge in [-0.25, -0.2) is 0 Å². The third-order valence-electron chi connectivity index (χ3n) is 0.222. The van der Waals surface area contributed by atoms with Gasteiger partial charge in [-0.1, -0.05) is 0 Å². The predicted octanol–water partition coefficient (Wildman–Crippen LogP) is 0.713. The first-order valence-corrected chi connectivity index (χ1v) is 3.43. The normalized spacial score (nSPS) is 6.80. The van der Waals surface area contributed by atoms with Gasteiger partial charge < -0.3 is 0 Å². The molecule has 0 heterocycles. The Morgan fingerprint density at radius 3 is 1.60 bits per heavy atom. The summed E-state index contributed by atoms with van der Waals surface area (Å²) in [6, 6.07) is 0. The summed E-state index contributed by atoms with van der Waals surface area (Å²) in [7, 11) is 0. The third-order valence-corrected chi connectivity index (χ3v) is 1.31. The average Bonchev–Trinajstić information content (AvgIpc) is 1.41. The molecule has 0 spiro atoms. The van der Waals surface area contributed by atoms with Crippen LogP contribution in [0.1, 0.15) is 13.8 Å². The molecule has 0 aliphatic heterocycles. The van der Waals surface area contributed by atoms with Crippen LogP contribution in [0.15, 0.2) is 0 Å². The van der Waals surface area contributed by atoms with Crippen molar-refractivity contribution in [2.45, 2.75) is 13.8 Å². The van der Waals surface area contributed by atoms with E-state index in [-0.39, 0.29) is 0 Å². The zero-order chi connectivity index (χ0) is 4.12. The van der Waals surface area contributed by atoms with E-state index in [2.05, 4.69) is 23.1 Å². The zero-order valence-corrected chi connectivity index (χ0v) is 5.13. The van der Waals surface area contributed by atoms with Crippen LogP contribution in [0.4, 0.5) is 0 Å². The van der Waals surface area contributed by atoms with E-state index >= 15 is 0 Å². The van der Waals surface area contributed by atoms with Gasteiger partial charge in [0.25, 0.3) is 0 Å². The molecule has 0 nitrogen and oxygen atoms in total. The fourth-order valence-corrected chi connectivity index (χ4v) is 0.657. The molecule has 0 radical (unpaired) electrons. The maximum absolute atomic E-state index is 2.19. The molecule has 0 aromatic carbocycles. The summed E-state index contributed by atoms with van der Waals surface area (Å²) >= 11 is 0.657. The standard InChI is InChI=1S/2C2H4.Rh/c2*1-2;/h2*1H,2H3;. The summed E-state index contributed by atoms with van der Waals surface area (Å²) < 4.78 is 4.39. The molecule has 0 saturated heterocycles. The topological polar surface area (TPSA) is 0 Å². The van der Waals surface area contributed by atoms with Gasteiger partial charge in [0.05, 0.1) is 0 Å². The Morgan fingerprint density at radius 2 is 1.60 bits per heavy atom. The van der Waals surface area contributed by atoms with E-state index in [0.29, 0.717) is 16.2 Å². The summed E-state index contributed by atoms with van der Waals surface area (Å²) in [5, 5.41) is 0. The minimum absolute atomic E-state index is 0.657. The molecule has 0 atom stereocenters. The van der Waals surface area contributed by atoms with E-state index in [1.165, 1.54) is 0 Å². The molecule has 0 aliphatic carbocycles. The Labute approximate surface area is 39.8 Å². The Kier molecular flexibility index (Phi) is 4.68. The van der Waals surface area contributed by atoms with Crippen molar-refractivity contribution in [1.82, 2.24) is 0 Å². The molecule has 0 rings (SSSR count). The monoisotopic (exact) mass is 159 g/mol. The first-order chi connectivity index (χ1) is 2.41. The minimum atomic E-state index is 0.657. The zero-order valence-electron chi connectivity index (χ0n) is 3.49. The average molecular weight is 159 g/mol. The van der Waals surface area contributed by atoms with Gasteiger partial charge in [-0.2, -0.15) is 0 Å². The van der Waals surface area contributed by atoms with Crippen LogP contribution < -0.4 is 0 Å². The summed E-state index contributed by atoms with van der Waals surface area (Å²) in [5.74, 6) is 0. The van der Waals surface area contributed by atoms with E-state index in [9.17, 15) is 0 Å². The van der Waals surface area contributed by atoms with Crippen LogP contribution in [-0.4, -0.2) is 9.22 Å². The Balaban J connectivity index is 3.26. The van der Waals surface area contributed by atoms with E-state index < -0.39 is 0 Å². The van der Waals surface area contributed by atoms with Crippen molar-refractivity contribution >= 4 is 9.22 Å². The number of hydrogen-bond donors (Lipinski definition) is 0. The first kappa shape index (κ1) is 5.36. The van der Waals surface area contributed by atoms with Gasteiger partial charge in [0, 0.05) is 0 Å². The van der Waals surface area contributed by atoms with E-state index in [1.807, 2.05) is 0 Å². The first-order valence-electron chi connectivity index (χ1n) is 1.54. The van der Waals surface area contributed by atoms with Gasteiger partial charge in [0.15, 0.2) is 0 Å². The molecule has 0 fully saturated rings. The van der Waals surface area contributed by atoms with Gasteiger partial charge >= 0.3 is 39.3 Å². The molecule has 1 heteroatoms. The fraction of sp³-hybridized carbons (Fsp3) is 0.500. The van der Waals surface area contributed by atoms with Crippen molar-refractivity contribution in [2.75, 3.05) is 0 Å². The van der Waals surface area contributed by atoms with Crippen LogP contribution in [0.25, 0.3) is 0 Å². The Morgan fingerprint density at radius 1 is 1.20 bits per heavy atom. The molecule has 0 aromatic heterocycles. The summed E-state index contributed by atoms with van der Waals surface area (Å²) in [4.78, 5) is 0. The van der Waals surface area contributed by atoms with Gasteiger partial charge in [-0.05, 0) is 0 Å². The molecular weight excluding hydrogens is 151 g/mol. The van der Waals surface area contributed by atoms with E-state index in [1.54, 1.807) is 0 Å². The fourth-order valence-electron chi connectivity index (χ4n) is 0.111. The van der Waals surface area contributed by atoms with Crippen LogP contribution in [0.3, 0.4) is 0 Å². The van der Waals surface area contributed by atoms with Crippen molar-refractivity contribution < 1.29 is 16.2 Å². The molecule has 5 heavy (non-hydrogen) atoms. The van der Waals surface area contributed by atoms with Crippen molar-refractivity contribution in [3.63, 3.8) is 0 Å². The van der Waals surface area contributed by atoms with Crippen molar-refractivity contribution in [3.8, 4) is 0 Å². The molecule has 0 bridgehead atoms. The van der Waals surface area contributed by atoms with Gasteiger partial charge in [-0.3, -0.25) is 0 Å². The second kappa shape index (κ2) is 4.36. The number of rotatable bonds is 0.